The topological polar surface area (TPSA) is 66.7 Å². The Hall–Kier alpha value is -2.86. The average molecular weight is 397 g/mol. The van der Waals surface area contributed by atoms with Crippen LogP contribution in [0.1, 0.15) is 21.5 Å². The Labute approximate surface area is 168 Å². The lowest BCUT2D eigenvalue weighted by Crippen LogP contribution is -2.65. The molecule has 4 rings (SSSR count). The number of carbonyl (C=O) groups is 2. The molecule has 1 N–H and O–H groups in total. The Kier molecular flexibility index (Phi) is 4.59. The maximum atomic E-state index is 13.0. The third-order valence-corrected chi connectivity index (χ3v) is 5.59. The molecule has 1 saturated heterocycles. The molecule has 0 aliphatic carbocycles. The van der Waals surface area contributed by atoms with Crippen LogP contribution in [0.25, 0.3) is 5.52 Å². The molecule has 0 bridgehead atoms. The molecule has 3 heterocycles. The molecule has 1 fully saturated rings. The molecule has 0 atom stereocenters. The van der Waals surface area contributed by atoms with Crippen LogP contribution in [-0.4, -0.2) is 46.5 Å². The number of hydrogen-bond acceptors (Lipinski definition) is 3. The van der Waals surface area contributed by atoms with Crippen molar-refractivity contribution in [2.24, 2.45) is 5.41 Å². The van der Waals surface area contributed by atoms with Crippen molar-refractivity contribution in [1.29, 1.82) is 0 Å². The van der Waals surface area contributed by atoms with Crippen LogP contribution in [-0.2, 0) is 11.2 Å². The van der Waals surface area contributed by atoms with E-state index in [1.807, 2.05) is 49.5 Å². The van der Waals surface area contributed by atoms with Gasteiger partial charge in [-0.3, -0.25) is 9.59 Å². The highest BCUT2D eigenvalue weighted by Crippen LogP contribution is 2.36. The zero-order valence-electron chi connectivity index (χ0n) is 15.8. The first-order valence-electron chi connectivity index (χ1n) is 9.12. The van der Waals surface area contributed by atoms with E-state index in [4.69, 9.17) is 11.6 Å². The maximum absolute atomic E-state index is 13.0. The van der Waals surface area contributed by atoms with Gasteiger partial charge in [0, 0.05) is 31.4 Å². The van der Waals surface area contributed by atoms with Gasteiger partial charge in [0.2, 0.25) is 5.91 Å². The van der Waals surface area contributed by atoms with Crippen molar-refractivity contribution in [3.05, 3.63) is 70.5 Å². The summed E-state index contributed by atoms with van der Waals surface area (Å²) in [6, 6.07) is 11.3. The largest absolute Gasteiger partial charge is 0.359 e. The zero-order chi connectivity index (χ0) is 19.9. The minimum atomic E-state index is -0.627. The SMILES string of the molecule is CNC(=O)C1(Cc2ccc(Cl)cc2)CN(C(=O)c2cnn3cc(C)ccc23)C1. The third kappa shape index (κ3) is 3.14. The Morgan fingerprint density at radius 3 is 2.57 bits per heavy atom. The van der Waals surface area contributed by atoms with E-state index in [1.165, 1.54) is 0 Å². The molecule has 2 aromatic heterocycles. The van der Waals surface area contributed by atoms with Gasteiger partial charge in [-0.1, -0.05) is 29.8 Å². The lowest BCUT2D eigenvalue weighted by Gasteiger charge is -2.48. The van der Waals surface area contributed by atoms with E-state index in [0.717, 1.165) is 16.6 Å². The molecule has 2 amide bonds. The molecule has 1 aliphatic rings. The summed E-state index contributed by atoms with van der Waals surface area (Å²) in [5, 5.41) is 7.69. The van der Waals surface area contributed by atoms with Gasteiger partial charge in [-0.25, -0.2) is 4.52 Å². The lowest BCUT2D eigenvalue weighted by molar-refractivity contribution is -0.138. The first-order valence-corrected chi connectivity index (χ1v) is 9.49. The minimum absolute atomic E-state index is 0.0537. The molecule has 3 aromatic rings. The van der Waals surface area contributed by atoms with Gasteiger partial charge < -0.3 is 10.2 Å². The van der Waals surface area contributed by atoms with Crippen molar-refractivity contribution in [1.82, 2.24) is 19.8 Å². The Morgan fingerprint density at radius 2 is 1.89 bits per heavy atom. The van der Waals surface area contributed by atoms with Crippen LogP contribution in [0.2, 0.25) is 5.02 Å². The molecular formula is C21H21ClN4O2. The molecule has 0 unspecified atom stereocenters. The van der Waals surface area contributed by atoms with E-state index < -0.39 is 5.41 Å². The quantitative estimate of drug-likeness (QED) is 0.737. The lowest BCUT2D eigenvalue weighted by atomic mass is 9.73. The van der Waals surface area contributed by atoms with Gasteiger partial charge in [0.25, 0.3) is 5.91 Å². The smallest absolute Gasteiger partial charge is 0.257 e. The number of pyridine rings is 1. The highest BCUT2D eigenvalue weighted by atomic mass is 35.5. The molecule has 6 nitrogen and oxygen atoms in total. The van der Waals surface area contributed by atoms with Crippen LogP contribution in [0.5, 0.6) is 0 Å². The molecular weight excluding hydrogens is 376 g/mol. The van der Waals surface area contributed by atoms with Crippen LogP contribution in [0.15, 0.2) is 48.8 Å². The Bertz CT molecular complexity index is 1050. The first-order chi connectivity index (χ1) is 13.4. The van der Waals surface area contributed by atoms with Crippen LogP contribution in [0.3, 0.4) is 0 Å². The molecule has 0 radical (unpaired) electrons. The van der Waals surface area contributed by atoms with Crippen molar-refractivity contribution in [3.8, 4) is 0 Å². The van der Waals surface area contributed by atoms with Crippen LogP contribution < -0.4 is 5.32 Å². The summed E-state index contributed by atoms with van der Waals surface area (Å²) in [7, 11) is 1.63. The molecule has 144 valence electrons. The van der Waals surface area contributed by atoms with E-state index in [1.54, 1.807) is 22.7 Å². The number of hydrogen-bond donors (Lipinski definition) is 1. The zero-order valence-corrected chi connectivity index (χ0v) is 16.5. The van der Waals surface area contributed by atoms with Gasteiger partial charge in [-0.15, -0.1) is 0 Å². The second kappa shape index (κ2) is 6.95. The molecule has 1 aromatic carbocycles. The maximum Gasteiger partial charge on any atom is 0.257 e. The van der Waals surface area contributed by atoms with E-state index in [-0.39, 0.29) is 11.8 Å². The minimum Gasteiger partial charge on any atom is -0.359 e. The number of fused-ring (bicyclic) bond motifs is 1. The fourth-order valence-electron chi connectivity index (χ4n) is 3.84. The summed E-state index contributed by atoms with van der Waals surface area (Å²) >= 11 is 5.96. The van der Waals surface area contributed by atoms with Crippen LogP contribution in [0.4, 0.5) is 0 Å². The van der Waals surface area contributed by atoms with Crippen molar-refractivity contribution in [2.45, 2.75) is 13.3 Å². The van der Waals surface area contributed by atoms with Gasteiger partial charge in [0.1, 0.15) is 0 Å². The average Bonchev–Trinajstić information content (AvgIpc) is 3.07. The number of nitrogens with zero attached hydrogens (tertiary/aromatic N) is 3. The summed E-state index contributed by atoms with van der Waals surface area (Å²) in [4.78, 5) is 27.3. The molecule has 7 heteroatoms. The first kappa shape index (κ1) is 18.5. The molecule has 1 aliphatic heterocycles. The summed E-state index contributed by atoms with van der Waals surface area (Å²) in [5.74, 6) is -0.156. The van der Waals surface area contributed by atoms with Crippen LogP contribution in [0, 0.1) is 12.3 Å². The number of nitrogens with one attached hydrogen (secondary N) is 1. The number of benzene rings is 1. The predicted molar refractivity (Wildman–Crippen MR) is 107 cm³/mol. The van der Waals surface area contributed by atoms with Crippen molar-refractivity contribution >= 4 is 28.9 Å². The fraction of sp³-hybridized carbons (Fsp3) is 0.286. The van der Waals surface area contributed by atoms with Crippen molar-refractivity contribution in [3.63, 3.8) is 0 Å². The summed E-state index contributed by atoms with van der Waals surface area (Å²) in [5.41, 5.74) is 2.78. The van der Waals surface area contributed by atoms with E-state index in [9.17, 15) is 9.59 Å². The number of aromatic nitrogens is 2. The number of likely N-dealkylation sites (tertiary alicyclic amines) is 1. The third-order valence-electron chi connectivity index (χ3n) is 5.33. The second-order valence-electron chi connectivity index (χ2n) is 7.42. The van der Waals surface area contributed by atoms with Gasteiger partial charge >= 0.3 is 0 Å². The van der Waals surface area contributed by atoms with E-state index in [0.29, 0.717) is 30.1 Å². The number of rotatable bonds is 4. The van der Waals surface area contributed by atoms with E-state index in [2.05, 4.69) is 10.4 Å². The number of halogens is 1. The fourth-order valence-corrected chi connectivity index (χ4v) is 3.97. The number of amides is 2. The normalized spacial score (nSPS) is 15.3. The van der Waals surface area contributed by atoms with Crippen molar-refractivity contribution < 1.29 is 9.59 Å². The van der Waals surface area contributed by atoms with Crippen molar-refractivity contribution in [2.75, 3.05) is 20.1 Å². The Balaban J connectivity index is 1.55. The predicted octanol–water partition coefficient (Wildman–Crippen LogP) is 2.73. The molecule has 28 heavy (non-hydrogen) atoms. The number of aryl methyl sites for hydroxylation is 1. The standard InChI is InChI=1S/C21H21ClN4O2/c1-14-3-8-18-17(10-24-26(18)11-14)19(27)25-12-21(13-25,20(28)23-2)9-15-4-6-16(22)7-5-15/h3-8,10-11H,9,12-13H2,1-2H3,(H,23,28). The summed E-state index contributed by atoms with van der Waals surface area (Å²) in [6.07, 6.45) is 4.04. The van der Waals surface area contributed by atoms with Crippen LogP contribution >= 0.6 is 11.6 Å². The second-order valence-corrected chi connectivity index (χ2v) is 7.85. The van der Waals surface area contributed by atoms with Gasteiger partial charge in [0.05, 0.1) is 22.7 Å². The van der Waals surface area contributed by atoms with Gasteiger partial charge in [-0.2, -0.15) is 5.10 Å². The highest BCUT2D eigenvalue weighted by Gasteiger charge is 2.50. The number of carbonyl (C=O) groups excluding carboxylic acids is 2. The molecule has 0 spiro atoms. The molecule has 0 saturated carbocycles. The highest BCUT2D eigenvalue weighted by molar-refractivity contribution is 6.30. The van der Waals surface area contributed by atoms with Gasteiger partial charge in [0.15, 0.2) is 0 Å². The monoisotopic (exact) mass is 396 g/mol. The van der Waals surface area contributed by atoms with E-state index >= 15 is 0 Å². The summed E-state index contributed by atoms with van der Waals surface area (Å²) in [6.45, 7) is 2.72. The Morgan fingerprint density at radius 1 is 1.18 bits per heavy atom. The summed E-state index contributed by atoms with van der Waals surface area (Å²) < 4.78 is 1.71. The van der Waals surface area contributed by atoms with Gasteiger partial charge in [-0.05, 0) is 42.7 Å².